The predicted octanol–water partition coefficient (Wildman–Crippen LogP) is 6.78. The Hall–Kier alpha value is -4.10. The Balaban J connectivity index is 1.61. The Kier molecular flexibility index (Phi) is 5.60. The zero-order valence-corrected chi connectivity index (χ0v) is 21.0. The Labute approximate surface area is 209 Å². The summed E-state index contributed by atoms with van der Waals surface area (Å²) >= 11 is 0. The van der Waals surface area contributed by atoms with Crippen LogP contribution in [0.4, 0.5) is 5.69 Å². The van der Waals surface area contributed by atoms with Crippen LogP contribution in [0.2, 0.25) is 0 Å². The molecule has 0 unspecified atom stereocenters. The molecule has 1 aromatic heterocycles. The average Bonchev–Trinajstić information content (AvgIpc) is 3.22. The summed E-state index contributed by atoms with van der Waals surface area (Å²) in [6.07, 6.45) is 0. The highest BCUT2D eigenvalue weighted by Crippen LogP contribution is 2.38. The summed E-state index contributed by atoms with van der Waals surface area (Å²) in [5.74, 6) is -1.09. The van der Waals surface area contributed by atoms with Gasteiger partial charge in [-0.05, 0) is 57.6 Å². The second-order valence-corrected chi connectivity index (χ2v) is 11.5. The second-order valence-electron chi connectivity index (χ2n) is 9.85. The molecule has 0 spiro atoms. The SMILES string of the molecule is CC(C)(C)c1ccc(S(=O)(=O)Nc2ccc3[nH]c(C(=O)O)c(-c4cccc5ccccc45)c3c2)cc1. The summed E-state index contributed by atoms with van der Waals surface area (Å²) in [5.41, 5.74) is 3.23. The van der Waals surface area contributed by atoms with E-state index >= 15 is 0 Å². The fraction of sp³-hybridized carbons (Fsp3) is 0.138. The normalized spacial score (nSPS) is 12.2. The number of aromatic amines is 1. The first-order chi connectivity index (χ1) is 17.0. The molecule has 1 heterocycles. The lowest BCUT2D eigenvalue weighted by Crippen LogP contribution is -2.14. The van der Waals surface area contributed by atoms with Crippen molar-refractivity contribution in [3.63, 3.8) is 0 Å². The standard InChI is InChI=1S/C29H26N2O4S/c1-29(2,3)19-11-14-21(15-12-19)36(34,35)31-20-13-16-25-24(17-20)26(27(30-25)28(32)33)23-10-6-8-18-7-4-5-9-22(18)23/h4-17,30-31H,1-3H3,(H,32,33). The molecule has 0 amide bonds. The molecule has 0 saturated carbocycles. The zero-order valence-electron chi connectivity index (χ0n) is 20.2. The van der Waals surface area contributed by atoms with E-state index in [0.29, 0.717) is 22.2 Å². The highest BCUT2D eigenvalue weighted by molar-refractivity contribution is 7.92. The highest BCUT2D eigenvalue weighted by Gasteiger charge is 2.22. The third kappa shape index (κ3) is 4.22. The van der Waals surface area contributed by atoms with Gasteiger partial charge in [-0.3, -0.25) is 4.72 Å². The van der Waals surface area contributed by atoms with Gasteiger partial charge in [0.15, 0.2) is 0 Å². The summed E-state index contributed by atoms with van der Waals surface area (Å²) < 4.78 is 28.9. The maximum atomic E-state index is 13.1. The first-order valence-electron chi connectivity index (χ1n) is 11.6. The number of carbonyl (C=O) groups is 1. The van der Waals surface area contributed by atoms with Crippen LogP contribution in [0.1, 0.15) is 36.8 Å². The number of nitrogens with one attached hydrogen (secondary N) is 2. The van der Waals surface area contributed by atoms with Gasteiger partial charge in [-0.25, -0.2) is 13.2 Å². The van der Waals surface area contributed by atoms with E-state index in [1.807, 2.05) is 54.6 Å². The number of hydrogen-bond donors (Lipinski definition) is 3. The predicted molar refractivity (Wildman–Crippen MR) is 144 cm³/mol. The first-order valence-corrected chi connectivity index (χ1v) is 13.0. The number of aromatic carboxylic acids is 1. The third-order valence-electron chi connectivity index (χ3n) is 6.35. The lowest BCUT2D eigenvalue weighted by molar-refractivity contribution is 0.0692. The summed E-state index contributed by atoms with van der Waals surface area (Å²) in [6.45, 7) is 6.21. The Morgan fingerprint density at radius 1 is 0.861 bits per heavy atom. The van der Waals surface area contributed by atoms with Gasteiger partial charge >= 0.3 is 5.97 Å². The zero-order chi connectivity index (χ0) is 25.7. The molecule has 182 valence electrons. The van der Waals surface area contributed by atoms with E-state index < -0.39 is 16.0 Å². The number of rotatable bonds is 5. The maximum absolute atomic E-state index is 13.1. The summed E-state index contributed by atoms with van der Waals surface area (Å²) in [4.78, 5) is 15.3. The molecule has 0 fully saturated rings. The number of carboxylic acids is 1. The van der Waals surface area contributed by atoms with Crippen molar-refractivity contribution in [3.05, 3.63) is 96.2 Å². The number of H-pyrrole nitrogens is 1. The van der Waals surface area contributed by atoms with E-state index in [1.165, 1.54) is 0 Å². The smallest absolute Gasteiger partial charge is 0.352 e. The largest absolute Gasteiger partial charge is 0.477 e. The highest BCUT2D eigenvalue weighted by atomic mass is 32.2. The van der Waals surface area contributed by atoms with Crippen LogP contribution in [0, 0.1) is 0 Å². The Bertz CT molecular complexity index is 1720. The van der Waals surface area contributed by atoms with Crippen LogP contribution in [0.15, 0.2) is 89.8 Å². The summed E-state index contributed by atoms with van der Waals surface area (Å²) in [7, 11) is -3.84. The molecule has 0 aliphatic rings. The van der Waals surface area contributed by atoms with Crippen molar-refractivity contribution in [2.45, 2.75) is 31.1 Å². The Morgan fingerprint density at radius 2 is 1.56 bits per heavy atom. The minimum Gasteiger partial charge on any atom is -0.477 e. The van der Waals surface area contributed by atoms with Gasteiger partial charge in [0.25, 0.3) is 10.0 Å². The summed E-state index contributed by atoms with van der Waals surface area (Å²) in [5, 5.41) is 12.5. The van der Waals surface area contributed by atoms with Gasteiger partial charge in [0, 0.05) is 22.2 Å². The van der Waals surface area contributed by atoms with Crippen molar-refractivity contribution >= 4 is 43.4 Å². The Morgan fingerprint density at radius 3 is 2.25 bits per heavy atom. The van der Waals surface area contributed by atoms with Crippen molar-refractivity contribution in [2.75, 3.05) is 4.72 Å². The topological polar surface area (TPSA) is 99.3 Å². The average molecular weight is 499 g/mol. The van der Waals surface area contributed by atoms with E-state index in [-0.39, 0.29) is 16.0 Å². The van der Waals surface area contributed by atoms with E-state index in [1.54, 1.807) is 30.3 Å². The molecule has 6 nitrogen and oxygen atoms in total. The van der Waals surface area contributed by atoms with Gasteiger partial charge in [0.1, 0.15) is 5.69 Å². The van der Waals surface area contributed by atoms with Crippen LogP contribution >= 0.6 is 0 Å². The van der Waals surface area contributed by atoms with Crippen LogP contribution < -0.4 is 4.72 Å². The number of hydrogen-bond acceptors (Lipinski definition) is 3. The molecular weight excluding hydrogens is 472 g/mol. The number of sulfonamides is 1. The van der Waals surface area contributed by atoms with Crippen molar-refractivity contribution in [2.24, 2.45) is 0 Å². The van der Waals surface area contributed by atoms with E-state index in [0.717, 1.165) is 21.9 Å². The molecule has 0 radical (unpaired) electrons. The molecule has 5 rings (SSSR count). The van der Waals surface area contributed by atoms with Crippen LogP contribution in [0.5, 0.6) is 0 Å². The molecule has 0 bridgehead atoms. The molecule has 0 aliphatic heterocycles. The number of carboxylic acid groups (broad SMARTS) is 1. The monoisotopic (exact) mass is 498 g/mol. The number of aromatic nitrogens is 1. The number of fused-ring (bicyclic) bond motifs is 2. The van der Waals surface area contributed by atoms with Crippen molar-refractivity contribution in [1.29, 1.82) is 0 Å². The van der Waals surface area contributed by atoms with Gasteiger partial charge in [-0.2, -0.15) is 0 Å². The molecule has 0 atom stereocenters. The molecular formula is C29H26N2O4S. The van der Waals surface area contributed by atoms with Crippen molar-refractivity contribution < 1.29 is 18.3 Å². The second kappa shape index (κ2) is 8.53. The lowest BCUT2D eigenvalue weighted by Gasteiger charge is -2.19. The fourth-order valence-corrected chi connectivity index (χ4v) is 5.54. The molecule has 4 aromatic carbocycles. The van der Waals surface area contributed by atoms with Gasteiger partial charge < -0.3 is 10.1 Å². The molecule has 3 N–H and O–H groups in total. The van der Waals surface area contributed by atoms with Crippen LogP contribution in [0.25, 0.3) is 32.8 Å². The van der Waals surface area contributed by atoms with E-state index in [9.17, 15) is 18.3 Å². The van der Waals surface area contributed by atoms with Gasteiger partial charge in [-0.1, -0.05) is 75.4 Å². The maximum Gasteiger partial charge on any atom is 0.352 e. The van der Waals surface area contributed by atoms with Gasteiger partial charge in [0.2, 0.25) is 0 Å². The van der Waals surface area contributed by atoms with Crippen molar-refractivity contribution in [1.82, 2.24) is 4.98 Å². The molecule has 36 heavy (non-hydrogen) atoms. The minimum atomic E-state index is -3.84. The minimum absolute atomic E-state index is 0.0547. The van der Waals surface area contributed by atoms with Crippen LogP contribution in [-0.4, -0.2) is 24.5 Å². The first kappa shape index (κ1) is 23.6. The quantitative estimate of drug-likeness (QED) is 0.249. The lowest BCUT2D eigenvalue weighted by atomic mass is 9.87. The third-order valence-corrected chi connectivity index (χ3v) is 7.75. The van der Waals surface area contributed by atoms with Gasteiger partial charge in [-0.15, -0.1) is 0 Å². The number of anilines is 1. The molecule has 7 heteroatoms. The van der Waals surface area contributed by atoms with Crippen molar-refractivity contribution in [3.8, 4) is 11.1 Å². The molecule has 0 saturated heterocycles. The van der Waals surface area contributed by atoms with E-state index in [4.69, 9.17) is 0 Å². The van der Waals surface area contributed by atoms with Gasteiger partial charge in [0.05, 0.1) is 4.90 Å². The van der Waals surface area contributed by atoms with E-state index in [2.05, 4.69) is 30.5 Å². The van der Waals surface area contributed by atoms with Crippen LogP contribution in [0.3, 0.4) is 0 Å². The molecule has 0 aliphatic carbocycles. The number of benzene rings is 4. The summed E-state index contributed by atoms with van der Waals surface area (Å²) in [6, 6.07) is 25.3. The fourth-order valence-electron chi connectivity index (χ4n) is 4.49. The van der Waals surface area contributed by atoms with Crippen LogP contribution in [-0.2, 0) is 15.4 Å². The molecule has 5 aromatic rings.